The summed E-state index contributed by atoms with van der Waals surface area (Å²) in [6.45, 7) is 6.15. The standard InChI is InChI=1S/C34H23N7/c1-19-21-11-3-5-13-23(21)29(35-19)37-31-25-15-7-9-17-27(25)33(39-31)41-34-28-18-10-8-16-26(28)32(40-34)38-30-24-14-6-4-12-22(24)20(2)36-30/h3-18,40H,1H2,2H3,(H,35,37,39,41). The average Bonchev–Trinajstić information content (AvgIpc) is 3.73. The van der Waals surface area contributed by atoms with Gasteiger partial charge in [-0.2, -0.15) is 0 Å². The van der Waals surface area contributed by atoms with E-state index in [1.54, 1.807) is 0 Å². The summed E-state index contributed by atoms with van der Waals surface area (Å²) in [5.74, 6) is 4.02. The summed E-state index contributed by atoms with van der Waals surface area (Å²) >= 11 is 0. The van der Waals surface area contributed by atoms with E-state index in [0.717, 1.165) is 61.4 Å². The lowest BCUT2D eigenvalue weighted by Gasteiger charge is -2.01. The summed E-state index contributed by atoms with van der Waals surface area (Å²) in [5.41, 5.74) is 7.84. The van der Waals surface area contributed by atoms with Gasteiger partial charge in [0.25, 0.3) is 0 Å². The van der Waals surface area contributed by atoms with Crippen LogP contribution in [0.15, 0.2) is 129 Å². The first-order valence-electron chi connectivity index (χ1n) is 13.4. The summed E-state index contributed by atoms with van der Waals surface area (Å²) < 4.78 is 0. The minimum absolute atomic E-state index is 0.594. The molecular weight excluding hydrogens is 506 g/mol. The first kappa shape index (κ1) is 23.2. The highest BCUT2D eigenvalue weighted by molar-refractivity contribution is 6.27. The van der Waals surface area contributed by atoms with Crippen molar-refractivity contribution < 1.29 is 0 Å². The SMILES string of the molecule is C=C1NC(=NC2=NC(=Nc3[nH]c(N=C4N=C(C)c5ccccc54)c4ccccc34)c3ccccc32)c2ccccc21. The Balaban J connectivity index is 1.25. The lowest BCUT2D eigenvalue weighted by Crippen LogP contribution is -2.16. The van der Waals surface area contributed by atoms with Gasteiger partial charge in [0.05, 0.1) is 0 Å². The Labute approximate surface area is 236 Å². The summed E-state index contributed by atoms with van der Waals surface area (Å²) in [6, 6.07) is 32.4. The molecule has 2 N–H and O–H groups in total. The molecule has 8 rings (SSSR count). The minimum Gasteiger partial charge on any atom is -0.340 e. The highest BCUT2D eigenvalue weighted by Crippen LogP contribution is 2.36. The molecule has 3 aliphatic rings. The topological polar surface area (TPSA) is 89.6 Å². The van der Waals surface area contributed by atoms with Gasteiger partial charge in [-0.15, -0.1) is 0 Å². The smallest absolute Gasteiger partial charge is 0.164 e. The highest BCUT2D eigenvalue weighted by atomic mass is 15.1. The number of hydrogen-bond donors (Lipinski definition) is 2. The van der Waals surface area contributed by atoms with Crippen LogP contribution < -0.4 is 5.32 Å². The van der Waals surface area contributed by atoms with E-state index < -0.39 is 0 Å². The van der Waals surface area contributed by atoms with E-state index in [0.29, 0.717) is 29.1 Å². The van der Waals surface area contributed by atoms with Gasteiger partial charge in [-0.1, -0.05) is 104 Å². The maximum absolute atomic E-state index is 5.03. The van der Waals surface area contributed by atoms with Crippen LogP contribution in [0, 0.1) is 0 Å². The van der Waals surface area contributed by atoms with Crippen LogP contribution >= 0.6 is 0 Å². The van der Waals surface area contributed by atoms with Gasteiger partial charge < -0.3 is 10.3 Å². The second-order valence-electron chi connectivity index (χ2n) is 10.1. The van der Waals surface area contributed by atoms with Crippen molar-refractivity contribution in [2.75, 3.05) is 0 Å². The van der Waals surface area contributed by atoms with Crippen molar-refractivity contribution in [1.82, 2.24) is 10.3 Å². The lowest BCUT2D eigenvalue weighted by atomic mass is 10.1. The van der Waals surface area contributed by atoms with Gasteiger partial charge in [-0.05, 0) is 6.92 Å². The summed E-state index contributed by atoms with van der Waals surface area (Å²) in [6.07, 6.45) is 0. The second kappa shape index (κ2) is 8.93. The predicted octanol–water partition coefficient (Wildman–Crippen LogP) is 6.93. The van der Waals surface area contributed by atoms with Gasteiger partial charge in [0.2, 0.25) is 0 Å². The number of amidine groups is 4. The maximum Gasteiger partial charge on any atom is 0.164 e. The zero-order valence-electron chi connectivity index (χ0n) is 22.2. The van der Waals surface area contributed by atoms with Crippen molar-refractivity contribution in [3.63, 3.8) is 0 Å². The Morgan fingerprint density at radius 1 is 0.561 bits per heavy atom. The molecule has 0 aliphatic carbocycles. The van der Waals surface area contributed by atoms with Crippen LogP contribution in [0.4, 0.5) is 11.6 Å². The molecule has 0 spiro atoms. The largest absolute Gasteiger partial charge is 0.340 e. The molecule has 1 aromatic heterocycles. The molecule has 194 valence electrons. The van der Waals surface area contributed by atoms with Crippen molar-refractivity contribution >= 4 is 57.2 Å². The Morgan fingerprint density at radius 2 is 1.07 bits per heavy atom. The summed E-state index contributed by atoms with van der Waals surface area (Å²) in [5, 5.41) is 5.25. The maximum atomic E-state index is 5.03. The van der Waals surface area contributed by atoms with Crippen molar-refractivity contribution in [1.29, 1.82) is 0 Å². The molecule has 0 bridgehead atoms. The Hall–Kier alpha value is -5.69. The van der Waals surface area contributed by atoms with E-state index >= 15 is 0 Å². The number of rotatable bonds is 2. The van der Waals surface area contributed by atoms with Gasteiger partial charge in [0, 0.05) is 55.6 Å². The molecule has 4 heterocycles. The monoisotopic (exact) mass is 529 g/mol. The van der Waals surface area contributed by atoms with Crippen molar-refractivity contribution in [3.8, 4) is 0 Å². The number of H-pyrrole nitrogens is 1. The quantitative estimate of drug-likeness (QED) is 0.255. The number of hydrogen-bond acceptors (Lipinski definition) is 3. The molecule has 4 aromatic carbocycles. The third-order valence-corrected chi connectivity index (χ3v) is 7.56. The number of nitrogens with zero attached hydrogens (tertiary/aromatic N) is 5. The molecule has 0 unspecified atom stereocenters. The van der Waals surface area contributed by atoms with Crippen molar-refractivity contribution in [2.24, 2.45) is 25.0 Å². The summed E-state index contributed by atoms with van der Waals surface area (Å²) in [7, 11) is 0. The number of nitrogens with one attached hydrogen (secondary N) is 2. The predicted molar refractivity (Wildman–Crippen MR) is 167 cm³/mol. The van der Waals surface area contributed by atoms with E-state index in [4.69, 9.17) is 25.0 Å². The van der Waals surface area contributed by atoms with E-state index in [2.05, 4.69) is 29.0 Å². The molecule has 0 saturated heterocycles. The third kappa shape index (κ3) is 3.71. The van der Waals surface area contributed by atoms with Crippen molar-refractivity contribution in [3.05, 3.63) is 137 Å². The van der Waals surface area contributed by atoms with Gasteiger partial charge in [-0.3, -0.25) is 0 Å². The number of aromatic amines is 1. The number of fused-ring (bicyclic) bond motifs is 4. The fraction of sp³-hybridized carbons (Fsp3) is 0.0294. The van der Waals surface area contributed by atoms with Gasteiger partial charge in [0.15, 0.2) is 17.5 Å². The fourth-order valence-corrected chi connectivity index (χ4v) is 5.58. The normalized spacial score (nSPS) is 18.1. The number of aliphatic imine (C=N–C) groups is 5. The van der Waals surface area contributed by atoms with Crippen LogP contribution in [0.1, 0.15) is 40.3 Å². The van der Waals surface area contributed by atoms with Crippen molar-refractivity contribution in [2.45, 2.75) is 6.92 Å². The second-order valence-corrected chi connectivity index (χ2v) is 10.1. The zero-order chi connectivity index (χ0) is 27.5. The van der Waals surface area contributed by atoms with Crippen LogP contribution in [-0.2, 0) is 0 Å². The molecule has 0 atom stereocenters. The first-order chi connectivity index (χ1) is 20.1. The number of aromatic nitrogens is 1. The minimum atomic E-state index is 0.594. The molecule has 41 heavy (non-hydrogen) atoms. The lowest BCUT2D eigenvalue weighted by molar-refractivity contribution is 1.29. The van der Waals surface area contributed by atoms with Crippen LogP contribution in [0.25, 0.3) is 16.5 Å². The van der Waals surface area contributed by atoms with Crippen LogP contribution in [0.5, 0.6) is 0 Å². The molecule has 7 nitrogen and oxygen atoms in total. The molecule has 0 saturated carbocycles. The van der Waals surface area contributed by atoms with Gasteiger partial charge in [-0.25, -0.2) is 25.0 Å². The molecular formula is C34H23N7. The van der Waals surface area contributed by atoms with Crippen LogP contribution in [-0.4, -0.2) is 34.0 Å². The van der Waals surface area contributed by atoms with E-state index in [-0.39, 0.29) is 0 Å². The highest BCUT2D eigenvalue weighted by Gasteiger charge is 2.26. The van der Waals surface area contributed by atoms with Crippen LogP contribution in [0.2, 0.25) is 0 Å². The van der Waals surface area contributed by atoms with Gasteiger partial charge in [0.1, 0.15) is 17.5 Å². The fourth-order valence-electron chi connectivity index (χ4n) is 5.58. The summed E-state index contributed by atoms with van der Waals surface area (Å²) in [4.78, 5) is 28.0. The van der Waals surface area contributed by atoms with E-state index in [1.165, 1.54) is 0 Å². The molecule has 0 radical (unpaired) electrons. The molecule has 5 aromatic rings. The Kier molecular flexibility index (Phi) is 5.05. The molecule has 7 heteroatoms. The molecule has 3 aliphatic heterocycles. The Morgan fingerprint density at radius 3 is 1.76 bits per heavy atom. The Bertz CT molecular complexity index is 2100. The van der Waals surface area contributed by atoms with Gasteiger partial charge >= 0.3 is 0 Å². The molecule has 0 amide bonds. The van der Waals surface area contributed by atoms with Crippen LogP contribution in [0.3, 0.4) is 0 Å². The number of benzene rings is 4. The third-order valence-electron chi connectivity index (χ3n) is 7.56. The van der Waals surface area contributed by atoms with E-state index in [9.17, 15) is 0 Å². The molecule has 0 fully saturated rings. The zero-order valence-corrected chi connectivity index (χ0v) is 22.2. The average molecular weight is 530 g/mol. The first-order valence-corrected chi connectivity index (χ1v) is 13.4. The van der Waals surface area contributed by atoms with E-state index in [1.807, 2.05) is 91.9 Å².